The first kappa shape index (κ1) is 17.2. The van der Waals surface area contributed by atoms with E-state index in [2.05, 4.69) is 10.6 Å². The van der Waals surface area contributed by atoms with E-state index >= 15 is 0 Å². The molecular formula is C18H22N2O5. The Bertz CT molecular complexity index is 727. The van der Waals surface area contributed by atoms with Crippen LogP contribution in [-0.4, -0.2) is 31.9 Å². The number of nitrogens with one attached hydrogen (secondary N) is 2. The van der Waals surface area contributed by atoms with Crippen molar-refractivity contribution in [3.8, 4) is 11.5 Å². The van der Waals surface area contributed by atoms with Crippen LogP contribution < -0.4 is 20.1 Å². The van der Waals surface area contributed by atoms with E-state index in [0.29, 0.717) is 22.9 Å². The lowest BCUT2D eigenvalue weighted by molar-refractivity contribution is -0.00414. The molecule has 3 N–H and O–H groups in total. The van der Waals surface area contributed by atoms with Crippen LogP contribution in [0.5, 0.6) is 11.5 Å². The van der Waals surface area contributed by atoms with Gasteiger partial charge in [0.15, 0.2) is 11.5 Å². The van der Waals surface area contributed by atoms with Crippen LogP contribution in [0.3, 0.4) is 0 Å². The maximum Gasteiger partial charge on any atom is 0.319 e. The van der Waals surface area contributed by atoms with Crippen LogP contribution in [0.25, 0.3) is 0 Å². The number of rotatable bonds is 7. The SMILES string of the molecule is COc1cccc(NC(=O)NC[C@@](O)(c2ccco2)C2CC2)c1OC. The van der Waals surface area contributed by atoms with Crippen LogP contribution in [0.2, 0.25) is 0 Å². The van der Waals surface area contributed by atoms with E-state index < -0.39 is 11.6 Å². The predicted octanol–water partition coefficient (Wildman–Crippen LogP) is 2.72. The molecule has 3 rings (SSSR count). The number of hydrogen-bond acceptors (Lipinski definition) is 5. The van der Waals surface area contributed by atoms with Gasteiger partial charge in [-0.2, -0.15) is 0 Å². The zero-order valence-corrected chi connectivity index (χ0v) is 14.2. The van der Waals surface area contributed by atoms with Gasteiger partial charge in [-0.3, -0.25) is 0 Å². The maximum absolute atomic E-state index is 12.3. The second-order valence-electron chi connectivity index (χ2n) is 6.02. The first-order chi connectivity index (χ1) is 12.1. The highest BCUT2D eigenvalue weighted by Gasteiger charge is 2.47. The molecule has 0 radical (unpaired) electrons. The maximum atomic E-state index is 12.3. The lowest BCUT2D eigenvalue weighted by atomic mass is 9.94. The van der Waals surface area contributed by atoms with Gasteiger partial charge in [0.05, 0.1) is 32.7 Å². The van der Waals surface area contributed by atoms with Gasteiger partial charge in [-0.15, -0.1) is 0 Å². The third-order valence-electron chi connectivity index (χ3n) is 4.37. The Balaban J connectivity index is 1.67. The van der Waals surface area contributed by atoms with Gasteiger partial charge in [-0.05, 0) is 43.0 Å². The van der Waals surface area contributed by atoms with Crippen molar-refractivity contribution in [1.82, 2.24) is 5.32 Å². The fraction of sp³-hybridized carbons (Fsp3) is 0.389. The van der Waals surface area contributed by atoms with Gasteiger partial charge in [0.25, 0.3) is 0 Å². The Hall–Kier alpha value is -2.67. The van der Waals surface area contributed by atoms with Crippen LogP contribution in [0.15, 0.2) is 41.0 Å². The van der Waals surface area contributed by atoms with E-state index in [-0.39, 0.29) is 12.5 Å². The van der Waals surface area contributed by atoms with Gasteiger partial charge in [0, 0.05) is 0 Å². The third-order valence-corrected chi connectivity index (χ3v) is 4.37. The average molecular weight is 346 g/mol. The van der Waals surface area contributed by atoms with Crippen molar-refractivity contribution in [2.24, 2.45) is 5.92 Å². The largest absolute Gasteiger partial charge is 0.493 e. The summed E-state index contributed by atoms with van der Waals surface area (Å²) < 4.78 is 15.9. The second kappa shape index (κ2) is 7.06. The summed E-state index contributed by atoms with van der Waals surface area (Å²) in [7, 11) is 3.03. The third kappa shape index (κ3) is 3.56. The fourth-order valence-corrected chi connectivity index (χ4v) is 2.89. The molecule has 7 nitrogen and oxygen atoms in total. The molecule has 134 valence electrons. The van der Waals surface area contributed by atoms with Gasteiger partial charge >= 0.3 is 6.03 Å². The number of urea groups is 1. The number of carbonyl (C=O) groups is 1. The summed E-state index contributed by atoms with van der Waals surface area (Å²) in [4.78, 5) is 12.3. The first-order valence-electron chi connectivity index (χ1n) is 8.10. The summed E-state index contributed by atoms with van der Waals surface area (Å²) >= 11 is 0. The Morgan fingerprint density at radius 3 is 2.68 bits per heavy atom. The number of amides is 2. The van der Waals surface area contributed by atoms with E-state index in [9.17, 15) is 9.90 Å². The first-order valence-corrected chi connectivity index (χ1v) is 8.10. The van der Waals surface area contributed by atoms with Crippen molar-refractivity contribution in [3.63, 3.8) is 0 Å². The molecule has 1 aromatic heterocycles. The normalized spacial score (nSPS) is 16.0. The van der Waals surface area contributed by atoms with Crippen molar-refractivity contribution in [2.45, 2.75) is 18.4 Å². The molecule has 0 spiro atoms. The number of furan rings is 1. The lowest BCUT2D eigenvalue weighted by Gasteiger charge is -2.26. The minimum absolute atomic E-state index is 0.0588. The molecule has 1 aliphatic carbocycles. The molecule has 0 unspecified atom stereocenters. The van der Waals surface area contributed by atoms with Crippen molar-refractivity contribution < 1.29 is 23.8 Å². The molecule has 25 heavy (non-hydrogen) atoms. The number of methoxy groups -OCH3 is 2. The van der Waals surface area contributed by atoms with Gasteiger partial charge in [-0.25, -0.2) is 4.79 Å². The van der Waals surface area contributed by atoms with Crippen LogP contribution >= 0.6 is 0 Å². The number of anilines is 1. The van der Waals surface area contributed by atoms with Crippen molar-refractivity contribution in [1.29, 1.82) is 0 Å². The highest BCUT2D eigenvalue weighted by atomic mass is 16.5. The summed E-state index contributed by atoms with van der Waals surface area (Å²) in [6, 6.07) is 8.20. The Morgan fingerprint density at radius 2 is 2.08 bits per heavy atom. The molecule has 2 amide bonds. The van der Waals surface area contributed by atoms with Crippen molar-refractivity contribution >= 4 is 11.7 Å². The highest BCUT2D eigenvalue weighted by Crippen LogP contribution is 2.45. The molecular weight excluding hydrogens is 324 g/mol. The van der Waals surface area contributed by atoms with E-state index in [4.69, 9.17) is 13.9 Å². The quantitative estimate of drug-likeness (QED) is 0.717. The Labute approximate surface area is 145 Å². The zero-order chi connectivity index (χ0) is 17.9. The van der Waals surface area contributed by atoms with Gasteiger partial charge in [0.1, 0.15) is 11.4 Å². The lowest BCUT2D eigenvalue weighted by Crippen LogP contribution is -2.43. The van der Waals surface area contributed by atoms with E-state index in [1.54, 1.807) is 30.3 Å². The molecule has 1 saturated carbocycles. The summed E-state index contributed by atoms with van der Waals surface area (Å²) in [6.07, 6.45) is 3.33. The van der Waals surface area contributed by atoms with E-state index in [0.717, 1.165) is 12.8 Å². The van der Waals surface area contributed by atoms with Crippen LogP contribution in [0.4, 0.5) is 10.5 Å². The molecule has 1 fully saturated rings. The molecule has 7 heteroatoms. The Morgan fingerprint density at radius 1 is 1.28 bits per heavy atom. The molecule has 1 atom stereocenters. The van der Waals surface area contributed by atoms with Crippen LogP contribution in [-0.2, 0) is 5.60 Å². The number of para-hydroxylation sites is 1. The number of hydrogen-bond donors (Lipinski definition) is 3. The second-order valence-corrected chi connectivity index (χ2v) is 6.02. The molecule has 1 heterocycles. The minimum Gasteiger partial charge on any atom is -0.493 e. The highest BCUT2D eigenvalue weighted by molar-refractivity contribution is 5.91. The number of aliphatic hydroxyl groups is 1. The van der Waals surface area contributed by atoms with Gasteiger partial charge in [-0.1, -0.05) is 6.07 Å². The standard InChI is InChI=1S/C18H22N2O5/c1-23-14-6-3-5-13(16(14)24-2)20-17(21)19-11-18(22,12-8-9-12)15-7-4-10-25-15/h3-7,10,12,22H,8-9,11H2,1-2H3,(H2,19,20,21)/t18-/m0/s1. The molecule has 0 bridgehead atoms. The monoisotopic (exact) mass is 346 g/mol. The molecule has 0 saturated heterocycles. The number of carbonyl (C=O) groups excluding carboxylic acids is 1. The molecule has 0 aliphatic heterocycles. The zero-order valence-electron chi connectivity index (χ0n) is 14.2. The van der Waals surface area contributed by atoms with E-state index in [1.165, 1.54) is 20.5 Å². The molecule has 1 aromatic carbocycles. The van der Waals surface area contributed by atoms with Crippen molar-refractivity contribution in [3.05, 3.63) is 42.4 Å². The predicted molar refractivity (Wildman–Crippen MR) is 91.9 cm³/mol. The van der Waals surface area contributed by atoms with Crippen LogP contribution in [0, 0.1) is 5.92 Å². The summed E-state index contributed by atoms with van der Waals surface area (Å²) in [6.45, 7) is 0.0588. The summed E-state index contributed by atoms with van der Waals surface area (Å²) in [5.41, 5.74) is -0.716. The fourth-order valence-electron chi connectivity index (χ4n) is 2.89. The van der Waals surface area contributed by atoms with Crippen molar-refractivity contribution in [2.75, 3.05) is 26.1 Å². The molecule has 2 aromatic rings. The van der Waals surface area contributed by atoms with Crippen LogP contribution in [0.1, 0.15) is 18.6 Å². The summed E-state index contributed by atoms with van der Waals surface area (Å²) in [5.74, 6) is 1.51. The minimum atomic E-state index is -1.20. The topological polar surface area (TPSA) is 93.0 Å². The smallest absolute Gasteiger partial charge is 0.319 e. The number of benzene rings is 1. The van der Waals surface area contributed by atoms with E-state index in [1.807, 2.05) is 0 Å². The summed E-state index contributed by atoms with van der Waals surface area (Å²) in [5, 5.41) is 16.4. The Kier molecular flexibility index (Phi) is 4.85. The average Bonchev–Trinajstić information content (AvgIpc) is 3.34. The molecule has 1 aliphatic rings. The number of ether oxygens (including phenoxy) is 2. The van der Waals surface area contributed by atoms with Gasteiger partial charge < -0.3 is 29.6 Å². The van der Waals surface area contributed by atoms with Gasteiger partial charge in [0.2, 0.25) is 0 Å².